The Bertz CT molecular complexity index is 749. The van der Waals surface area contributed by atoms with Gasteiger partial charge in [0.25, 0.3) is 0 Å². The number of benzene rings is 1. The third kappa shape index (κ3) is 2.60. The molecule has 0 aliphatic heterocycles. The van der Waals surface area contributed by atoms with E-state index in [2.05, 4.69) is 4.18 Å². The van der Waals surface area contributed by atoms with Gasteiger partial charge in [-0.15, -0.1) is 0 Å². The van der Waals surface area contributed by atoms with Crippen molar-refractivity contribution in [3.8, 4) is 11.5 Å². The van der Waals surface area contributed by atoms with Crippen LogP contribution in [0.5, 0.6) is 11.5 Å². The van der Waals surface area contributed by atoms with Gasteiger partial charge in [-0.25, -0.2) is 4.79 Å². The summed E-state index contributed by atoms with van der Waals surface area (Å²) in [5.41, 5.74) is -0.392. The van der Waals surface area contributed by atoms with Crippen molar-refractivity contribution in [2.75, 3.05) is 7.11 Å². The van der Waals surface area contributed by atoms with E-state index in [9.17, 15) is 13.2 Å². The average Bonchev–Trinajstić information content (AvgIpc) is 2.25. The van der Waals surface area contributed by atoms with Gasteiger partial charge in [0.1, 0.15) is 5.58 Å². The summed E-state index contributed by atoms with van der Waals surface area (Å²) >= 11 is 0. The molecule has 0 aliphatic rings. The molecule has 96 valence electrons. The van der Waals surface area contributed by atoms with Gasteiger partial charge in [-0.05, 0) is 12.1 Å². The van der Waals surface area contributed by atoms with Gasteiger partial charge in [0, 0.05) is 17.5 Å². The second-order valence-corrected chi connectivity index (χ2v) is 4.52. The topological polar surface area (TPSA) is 109 Å². The quantitative estimate of drug-likeness (QED) is 0.808. The molecule has 0 atom stereocenters. The van der Waals surface area contributed by atoms with E-state index in [4.69, 9.17) is 14.3 Å². The second-order valence-electron chi connectivity index (χ2n) is 3.37. The van der Waals surface area contributed by atoms with Gasteiger partial charge in [0.15, 0.2) is 11.5 Å². The fourth-order valence-corrected chi connectivity index (χ4v) is 1.81. The molecule has 1 aromatic carbocycles. The number of hydrogen-bond acceptors (Lipinski definition) is 6. The molecule has 0 saturated heterocycles. The highest BCUT2D eigenvalue weighted by molar-refractivity contribution is 7.84. The van der Waals surface area contributed by atoms with Crippen molar-refractivity contribution in [2.24, 2.45) is 5.14 Å². The van der Waals surface area contributed by atoms with Crippen molar-refractivity contribution < 1.29 is 21.8 Å². The summed E-state index contributed by atoms with van der Waals surface area (Å²) in [5, 5.41) is 5.33. The minimum atomic E-state index is -4.19. The van der Waals surface area contributed by atoms with Crippen LogP contribution in [0.1, 0.15) is 0 Å². The molecule has 8 heteroatoms. The van der Waals surface area contributed by atoms with Crippen LogP contribution in [-0.4, -0.2) is 15.5 Å². The van der Waals surface area contributed by atoms with Gasteiger partial charge >= 0.3 is 15.9 Å². The number of fused-ring (bicyclic) bond motifs is 1. The summed E-state index contributed by atoms with van der Waals surface area (Å²) in [7, 11) is -2.84. The number of nitrogens with two attached hydrogens (primary N) is 1. The summed E-state index contributed by atoms with van der Waals surface area (Å²) in [6.45, 7) is 0. The molecule has 0 bridgehead atoms. The van der Waals surface area contributed by atoms with E-state index in [0.29, 0.717) is 5.39 Å². The monoisotopic (exact) mass is 271 g/mol. The largest absolute Gasteiger partial charge is 0.493 e. The molecular weight excluding hydrogens is 262 g/mol. The average molecular weight is 271 g/mol. The van der Waals surface area contributed by atoms with Gasteiger partial charge in [-0.3, -0.25) is 0 Å². The van der Waals surface area contributed by atoms with E-state index < -0.39 is 15.9 Å². The molecule has 2 aromatic rings. The summed E-state index contributed by atoms with van der Waals surface area (Å²) in [6.07, 6.45) is 0. The van der Waals surface area contributed by atoms with Crippen LogP contribution < -0.4 is 19.7 Å². The lowest BCUT2D eigenvalue weighted by molar-refractivity contribution is 0.391. The minimum Gasteiger partial charge on any atom is -0.493 e. The Hall–Kier alpha value is -2.06. The highest BCUT2D eigenvalue weighted by Crippen LogP contribution is 2.32. The van der Waals surface area contributed by atoms with E-state index in [1.54, 1.807) is 0 Å². The summed E-state index contributed by atoms with van der Waals surface area (Å²) in [4.78, 5) is 11.1. The first-order valence-electron chi connectivity index (χ1n) is 4.73. The van der Waals surface area contributed by atoms with Crippen molar-refractivity contribution in [2.45, 2.75) is 0 Å². The maximum absolute atomic E-state index is 11.1. The van der Waals surface area contributed by atoms with Gasteiger partial charge < -0.3 is 13.3 Å². The van der Waals surface area contributed by atoms with Crippen molar-refractivity contribution in [1.82, 2.24) is 0 Å². The fourth-order valence-electron chi connectivity index (χ4n) is 1.43. The molecule has 7 nitrogen and oxygen atoms in total. The highest BCUT2D eigenvalue weighted by atomic mass is 32.2. The molecule has 2 rings (SSSR count). The molecule has 0 amide bonds. The zero-order valence-electron chi connectivity index (χ0n) is 9.24. The third-order valence-electron chi connectivity index (χ3n) is 2.11. The third-order valence-corrected chi connectivity index (χ3v) is 2.52. The zero-order valence-corrected chi connectivity index (χ0v) is 10.1. The normalized spacial score (nSPS) is 11.4. The Morgan fingerprint density at radius 2 is 1.94 bits per heavy atom. The van der Waals surface area contributed by atoms with Gasteiger partial charge in [-0.1, -0.05) is 0 Å². The van der Waals surface area contributed by atoms with E-state index in [-0.39, 0.29) is 17.1 Å². The molecular formula is C10H9NO6S. The molecule has 0 fully saturated rings. The zero-order chi connectivity index (χ0) is 13.3. The van der Waals surface area contributed by atoms with Crippen LogP contribution >= 0.6 is 0 Å². The fraction of sp³-hybridized carbons (Fsp3) is 0.100. The van der Waals surface area contributed by atoms with Crippen LogP contribution in [0.2, 0.25) is 0 Å². The van der Waals surface area contributed by atoms with Crippen LogP contribution in [0.15, 0.2) is 33.5 Å². The first kappa shape index (κ1) is 12.4. The lowest BCUT2D eigenvalue weighted by atomic mass is 10.2. The van der Waals surface area contributed by atoms with Gasteiger partial charge in [0.2, 0.25) is 0 Å². The summed E-state index contributed by atoms with van der Waals surface area (Å²) in [6, 6.07) is 5.45. The first-order chi connectivity index (χ1) is 8.39. The second kappa shape index (κ2) is 4.31. The lowest BCUT2D eigenvalue weighted by Gasteiger charge is -2.08. The van der Waals surface area contributed by atoms with E-state index >= 15 is 0 Å². The van der Waals surface area contributed by atoms with Crippen molar-refractivity contribution in [3.63, 3.8) is 0 Å². The van der Waals surface area contributed by atoms with E-state index in [1.807, 2.05) is 0 Å². The van der Waals surface area contributed by atoms with Crippen LogP contribution in [0.4, 0.5) is 0 Å². The molecule has 2 N–H and O–H groups in total. The Morgan fingerprint density at radius 1 is 1.22 bits per heavy atom. The molecule has 1 heterocycles. The van der Waals surface area contributed by atoms with Crippen LogP contribution in [0, 0.1) is 0 Å². The molecule has 18 heavy (non-hydrogen) atoms. The van der Waals surface area contributed by atoms with Crippen molar-refractivity contribution in [3.05, 3.63) is 34.7 Å². The molecule has 0 radical (unpaired) electrons. The summed E-state index contributed by atoms with van der Waals surface area (Å²) in [5.74, 6) is 0.00669. The van der Waals surface area contributed by atoms with E-state index in [0.717, 1.165) is 0 Å². The molecule has 0 saturated carbocycles. The minimum absolute atomic E-state index is 0.151. The number of rotatable bonds is 3. The Kier molecular flexibility index (Phi) is 2.97. The maximum Gasteiger partial charge on any atom is 0.380 e. The maximum atomic E-state index is 11.1. The number of ether oxygens (including phenoxy) is 1. The van der Waals surface area contributed by atoms with E-state index in [1.165, 1.54) is 31.4 Å². The van der Waals surface area contributed by atoms with Crippen LogP contribution in [0.25, 0.3) is 11.0 Å². The van der Waals surface area contributed by atoms with Crippen LogP contribution in [0.3, 0.4) is 0 Å². The van der Waals surface area contributed by atoms with Crippen molar-refractivity contribution >= 4 is 21.3 Å². The van der Waals surface area contributed by atoms with Crippen LogP contribution in [-0.2, 0) is 10.3 Å². The lowest BCUT2D eigenvalue weighted by Crippen LogP contribution is -2.19. The van der Waals surface area contributed by atoms with Crippen molar-refractivity contribution in [1.29, 1.82) is 0 Å². The van der Waals surface area contributed by atoms with Gasteiger partial charge in [0.05, 0.1) is 7.11 Å². The van der Waals surface area contributed by atoms with Gasteiger partial charge in [-0.2, -0.15) is 13.6 Å². The number of hydrogen-bond donors (Lipinski definition) is 1. The Morgan fingerprint density at radius 3 is 2.56 bits per heavy atom. The predicted octanol–water partition coefficient (Wildman–Crippen LogP) is 0.384. The first-order valence-corrected chi connectivity index (χ1v) is 6.20. The molecule has 0 aliphatic carbocycles. The number of methoxy groups -OCH3 is 1. The SMILES string of the molecule is COc1cc2ccc(=O)oc2cc1OS(N)(=O)=O. The Labute approximate surface area is 102 Å². The Balaban J connectivity index is 2.67. The predicted molar refractivity (Wildman–Crippen MR) is 62.8 cm³/mol. The summed E-state index contributed by atoms with van der Waals surface area (Å²) < 4.78 is 36.1. The standard InChI is InChI=1S/C10H9NO6S/c1-15-8-4-6-2-3-10(12)16-7(6)5-9(8)17-18(11,13)14/h2-5H,1H3,(H2,11,13,14). The molecule has 1 aromatic heterocycles. The smallest absolute Gasteiger partial charge is 0.380 e. The highest BCUT2D eigenvalue weighted by Gasteiger charge is 2.13. The molecule has 0 unspecified atom stereocenters. The molecule has 0 spiro atoms.